The van der Waals surface area contributed by atoms with Crippen molar-refractivity contribution in [2.75, 3.05) is 26.8 Å². The lowest BCUT2D eigenvalue weighted by atomic mass is 10.1. The van der Waals surface area contributed by atoms with Crippen molar-refractivity contribution in [3.05, 3.63) is 0 Å². The molecule has 2 aliphatic rings. The van der Waals surface area contributed by atoms with Crippen molar-refractivity contribution in [1.29, 1.82) is 0 Å². The third kappa shape index (κ3) is 2.22. The van der Waals surface area contributed by atoms with Crippen LogP contribution in [0.1, 0.15) is 19.8 Å². The second-order valence-electron chi connectivity index (χ2n) is 4.45. The van der Waals surface area contributed by atoms with Crippen molar-refractivity contribution in [1.82, 2.24) is 10.2 Å². The molecule has 2 heterocycles. The van der Waals surface area contributed by atoms with Gasteiger partial charge in [0.2, 0.25) is 0 Å². The minimum Gasteiger partial charge on any atom is -0.380 e. The SMILES string of the molecule is CC1CC(NC2CCOC2)CN1C. The van der Waals surface area contributed by atoms with E-state index in [0.29, 0.717) is 12.1 Å². The fourth-order valence-corrected chi connectivity index (χ4v) is 2.31. The number of hydrogen-bond acceptors (Lipinski definition) is 3. The molecule has 0 aromatic heterocycles. The molecule has 0 aliphatic carbocycles. The quantitative estimate of drug-likeness (QED) is 0.674. The van der Waals surface area contributed by atoms with Crippen LogP contribution in [-0.2, 0) is 4.74 Å². The van der Waals surface area contributed by atoms with E-state index in [9.17, 15) is 0 Å². The van der Waals surface area contributed by atoms with Crippen molar-refractivity contribution >= 4 is 0 Å². The Morgan fingerprint density at radius 2 is 2.23 bits per heavy atom. The maximum atomic E-state index is 5.34. The summed E-state index contributed by atoms with van der Waals surface area (Å²) in [6.45, 7) is 5.34. The van der Waals surface area contributed by atoms with Gasteiger partial charge in [0, 0.05) is 31.3 Å². The molecule has 1 N–H and O–H groups in total. The minimum absolute atomic E-state index is 0.615. The van der Waals surface area contributed by atoms with Crippen LogP contribution in [0.15, 0.2) is 0 Å². The van der Waals surface area contributed by atoms with E-state index >= 15 is 0 Å². The second kappa shape index (κ2) is 3.95. The van der Waals surface area contributed by atoms with Gasteiger partial charge in [0.15, 0.2) is 0 Å². The molecule has 0 aromatic carbocycles. The highest BCUT2D eigenvalue weighted by Crippen LogP contribution is 2.16. The molecule has 0 bridgehead atoms. The van der Waals surface area contributed by atoms with Crippen molar-refractivity contribution < 1.29 is 4.74 Å². The Labute approximate surface area is 80.4 Å². The summed E-state index contributed by atoms with van der Waals surface area (Å²) in [5, 5.41) is 3.67. The van der Waals surface area contributed by atoms with Crippen molar-refractivity contribution in [2.24, 2.45) is 0 Å². The predicted molar refractivity (Wildman–Crippen MR) is 52.9 cm³/mol. The zero-order valence-corrected chi connectivity index (χ0v) is 8.62. The summed E-state index contributed by atoms with van der Waals surface area (Å²) in [5.41, 5.74) is 0. The Morgan fingerprint density at radius 1 is 1.38 bits per heavy atom. The number of hydrogen-bond donors (Lipinski definition) is 1. The maximum Gasteiger partial charge on any atom is 0.0620 e. The number of nitrogens with zero attached hydrogens (tertiary/aromatic N) is 1. The molecule has 2 aliphatic heterocycles. The number of nitrogens with one attached hydrogen (secondary N) is 1. The van der Waals surface area contributed by atoms with Crippen molar-refractivity contribution in [3.8, 4) is 0 Å². The highest BCUT2D eigenvalue weighted by molar-refractivity contribution is 4.88. The Bertz CT molecular complexity index is 158. The van der Waals surface area contributed by atoms with E-state index in [1.54, 1.807) is 0 Å². The van der Waals surface area contributed by atoms with Gasteiger partial charge < -0.3 is 15.0 Å². The van der Waals surface area contributed by atoms with Gasteiger partial charge in [0.05, 0.1) is 6.61 Å². The van der Waals surface area contributed by atoms with Crippen LogP contribution in [0.2, 0.25) is 0 Å². The monoisotopic (exact) mass is 184 g/mol. The van der Waals surface area contributed by atoms with Crippen LogP contribution in [0.25, 0.3) is 0 Å². The average Bonchev–Trinajstić information content (AvgIpc) is 2.64. The topological polar surface area (TPSA) is 24.5 Å². The molecule has 2 fully saturated rings. The first kappa shape index (κ1) is 9.44. The molecule has 3 heteroatoms. The molecule has 0 amide bonds. The first-order valence-electron chi connectivity index (χ1n) is 5.29. The lowest BCUT2D eigenvalue weighted by molar-refractivity contribution is 0.188. The summed E-state index contributed by atoms with van der Waals surface area (Å²) in [4.78, 5) is 2.42. The molecule has 3 unspecified atom stereocenters. The molecule has 3 atom stereocenters. The summed E-state index contributed by atoms with van der Waals surface area (Å²) < 4.78 is 5.34. The largest absolute Gasteiger partial charge is 0.380 e. The number of ether oxygens (including phenoxy) is 1. The summed E-state index contributed by atoms with van der Waals surface area (Å²) in [6.07, 6.45) is 2.47. The van der Waals surface area contributed by atoms with Gasteiger partial charge in [0.1, 0.15) is 0 Å². The standard InChI is InChI=1S/C10H20N2O/c1-8-5-10(6-12(8)2)11-9-3-4-13-7-9/h8-11H,3-7H2,1-2H3. The first-order valence-corrected chi connectivity index (χ1v) is 5.29. The van der Waals surface area contributed by atoms with Crippen LogP contribution >= 0.6 is 0 Å². The normalized spacial score (nSPS) is 41.5. The van der Waals surface area contributed by atoms with E-state index < -0.39 is 0 Å². The van der Waals surface area contributed by atoms with Crippen LogP contribution in [0.5, 0.6) is 0 Å². The van der Waals surface area contributed by atoms with Gasteiger partial charge in [-0.3, -0.25) is 0 Å². The zero-order valence-electron chi connectivity index (χ0n) is 8.62. The number of likely N-dealkylation sites (tertiary alicyclic amines) is 1. The molecule has 0 aromatic rings. The Morgan fingerprint density at radius 3 is 2.77 bits per heavy atom. The second-order valence-corrected chi connectivity index (χ2v) is 4.45. The average molecular weight is 184 g/mol. The summed E-state index contributed by atoms with van der Waals surface area (Å²) >= 11 is 0. The third-order valence-corrected chi connectivity index (χ3v) is 3.29. The molecule has 2 saturated heterocycles. The fourth-order valence-electron chi connectivity index (χ4n) is 2.31. The first-order chi connectivity index (χ1) is 6.25. The molecule has 2 rings (SSSR count). The maximum absolute atomic E-state index is 5.34. The molecule has 0 spiro atoms. The molecule has 0 radical (unpaired) electrons. The van der Waals surface area contributed by atoms with Crippen LogP contribution in [0, 0.1) is 0 Å². The van der Waals surface area contributed by atoms with Gasteiger partial charge in [-0.2, -0.15) is 0 Å². The van der Waals surface area contributed by atoms with Crippen LogP contribution in [-0.4, -0.2) is 49.8 Å². The van der Waals surface area contributed by atoms with Crippen LogP contribution in [0.3, 0.4) is 0 Å². The van der Waals surface area contributed by atoms with Gasteiger partial charge in [-0.05, 0) is 26.8 Å². The summed E-state index contributed by atoms with van der Waals surface area (Å²) in [5.74, 6) is 0. The predicted octanol–water partition coefficient (Wildman–Crippen LogP) is 0.458. The van der Waals surface area contributed by atoms with E-state index in [4.69, 9.17) is 4.74 Å². The van der Waals surface area contributed by atoms with E-state index in [-0.39, 0.29) is 0 Å². The van der Waals surface area contributed by atoms with Crippen LogP contribution in [0.4, 0.5) is 0 Å². The van der Waals surface area contributed by atoms with E-state index in [1.165, 1.54) is 19.4 Å². The molecule has 3 nitrogen and oxygen atoms in total. The molecule has 76 valence electrons. The summed E-state index contributed by atoms with van der Waals surface area (Å²) in [7, 11) is 2.21. The zero-order chi connectivity index (χ0) is 9.26. The van der Waals surface area contributed by atoms with Gasteiger partial charge >= 0.3 is 0 Å². The highest BCUT2D eigenvalue weighted by atomic mass is 16.5. The molecule has 13 heavy (non-hydrogen) atoms. The Balaban J connectivity index is 1.76. The highest BCUT2D eigenvalue weighted by Gasteiger charge is 2.28. The lowest BCUT2D eigenvalue weighted by Gasteiger charge is -2.17. The van der Waals surface area contributed by atoms with Gasteiger partial charge in [-0.25, -0.2) is 0 Å². The molecular weight excluding hydrogens is 164 g/mol. The molecular formula is C10H20N2O. The number of rotatable bonds is 2. The third-order valence-electron chi connectivity index (χ3n) is 3.29. The van der Waals surface area contributed by atoms with Gasteiger partial charge in [-0.1, -0.05) is 0 Å². The summed E-state index contributed by atoms with van der Waals surface area (Å²) in [6, 6.07) is 2.04. The van der Waals surface area contributed by atoms with E-state index in [2.05, 4.69) is 24.2 Å². The van der Waals surface area contributed by atoms with Crippen LogP contribution < -0.4 is 5.32 Å². The lowest BCUT2D eigenvalue weighted by Crippen LogP contribution is -2.39. The minimum atomic E-state index is 0.615. The Hall–Kier alpha value is -0.120. The van der Waals surface area contributed by atoms with Crippen molar-refractivity contribution in [2.45, 2.75) is 37.9 Å². The smallest absolute Gasteiger partial charge is 0.0620 e. The van der Waals surface area contributed by atoms with Gasteiger partial charge in [-0.15, -0.1) is 0 Å². The molecule has 0 saturated carbocycles. The van der Waals surface area contributed by atoms with E-state index in [1.807, 2.05) is 0 Å². The fraction of sp³-hybridized carbons (Fsp3) is 1.00. The van der Waals surface area contributed by atoms with E-state index in [0.717, 1.165) is 19.3 Å². The number of likely N-dealkylation sites (N-methyl/N-ethyl adjacent to an activating group) is 1. The van der Waals surface area contributed by atoms with Gasteiger partial charge in [0.25, 0.3) is 0 Å². The van der Waals surface area contributed by atoms with Crippen molar-refractivity contribution in [3.63, 3.8) is 0 Å². The Kier molecular flexibility index (Phi) is 2.86.